The maximum Gasteiger partial charge on any atom is 0.416 e. The van der Waals surface area contributed by atoms with Crippen LogP contribution in [0.5, 0.6) is 0 Å². The molecule has 1 aliphatic rings. The fourth-order valence-corrected chi connectivity index (χ4v) is 2.33. The normalized spacial score (nSPS) is 18.2. The summed E-state index contributed by atoms with van der Waals surface area (Å²) < 4.78 is 37.8. The monoisotopic (exact) mass is 322 g/mol. The van der Waals surface area contributed by atoms with E-state index in [-0.39, 0.29) is 30.8 Å². The predicted octanol–water partition coefficient (Wildman–Crippen LogP) is 2.49. The zero-order valence-corrected chi connectivity index (χ0v) is 12.4. The van der Waals surface area contributed by atoms with Crippen molar-refractivity contribution in [2.45, 2.75) is 25.1 Å². The number of nitrogens with zero attached hydrogens (tertiary/aromatic N) is 1. The predicted molar refractivity (Wildman–Crippen MR) is 76.4 cm³/mol. The molecule has 1 saturated heterocycles. The Kier molecular flexibility index (Phi) is 6.04. The molecule has 21 heavy (non-hydrogen) atoms. The van der Waals surface area contributed by atoms with Crippen LogP contribution in [0.15, 0.2) is 24.3 Å². The van der Waals surface area contributed by atoms with Crippen LogP contribution >= 0.6 is 12.4 Å². The summed E-state index contributed by atoms with van der Waals surface area (Å²) in [6, 6.07) is 5.07. The number of benzene rings is 1. The van der Waals surface area contributed by atoms with Crippen LogP contribution in [0.25, 0.3) is 0 Å². The molecule has 1 aromatic rings. The fraction of sp³-hybridized carbons (Fsp3) is 0.500. The highest BCUT2D eigenvalue weighted by atomic mass is 35.5. The average Bonchev–Trinajstić information content (AvgIpc) is 2.91. The van der Waals surface area contributed by atoms with E-state index in [1.807, 2.05) is 0 Å². The van der Waals surface area contributed by atoms with Gasteiger partial charge >= 0.3 is 6.18 Å². The van der Waals surface area contributed by atoms with Gasteiger partial charge in [-0.05, 0) is 24.6 Å². The first-order chi connectivity index (χ1) is 9.38. The van der Waals surface area contributed by atoms with E-state index in [0.29, 0.717) is 5.56 Å². The van der Waals surface area contributed by atoms with E-state index in [2.05, 4.69) is 5.32 Å². The Balaban J connectivity index is 0.00000220. The zero-order valence-electron chi connectivity index (χ0n) is 11.6. The minimum atomic E-state index is -4.37. The zero-order chi connectivity index (χ0) is 14.8. The molecule has 0 saturated carbocycles. The number of likely N-dealkylation sites (N-methyl/N-ethyl adjacent to an activating group) is 1. The first-order valence-electron chi connectivity index (χ1n) is 6.50. The molecule has 1 amide bonds. The third-order valence-electron chi connectivity index (χ3n) is 3.59. The Hall–Kier alpha value is -1.27. The number of carbonyl (C=O) groups excluding carboxylic acids is 1. The van der Waals surface area contributed by atoms with Crippen LogP contribution < -0.4 is 5.32 Å². The third kappa shape index (κ3) is 4.61. The highest BCUT2D eigenvalue weighted by Crippen LogP contribution is 2.29. The summed E-state index contributed by atoms with van der Waals surface area (Å²) in [5, 5.41) is 3.16. The van der Waals surface area contributed by atoms with Crippen molar-refractivity contribution in [1.29, 1.82) is 0 Å². The SMILES string of the molecule is CN(C(=O)Cc1cccc(C(F)(F)F)c1)C1CCNC1.Cl. The molecule has 0 aliphatic carbocycles. The van der Waals surface area contributed by atoms with E-state index >= 15 is 0 Å². The van der Waals surface area contributed by atoms with Crippen molar-refractivity contribution < 1.29 is 18.0 Å². The van der Waals surface area contributed by atoms with E-state index in [4.69, 9.17) is 0 Å². The number of hydrogen-bond acceptors (Lipinski definition) is 2. The standard InChI is InChI=1S/C14H17F3N2O.ClH/c1-19(12-5-6-18-9-12)13(20)8-10-3-2-4-11(7-10)14(15,16)17;/h2-4,7,12,18H,5-6,8-9H2,1H3;1H. The summed E-state index contributed by atoms with van der Waals surface area (Å²) in [5.74, 6) is -0.155. The van der Waals surface area contributed by atoms with Crippen molar-refractivity contribution in [1.82, 2.24) is 10.2 Å². The van der Waals surface area contributed by atoms with E-state index < -0.39 is 11.7 Å². The van der Waals surface area contributed by atoms with Crippen molar-refractivity contribution in [3.05, 3.63) is 35.4 Å². The third-order valence-corrected chi connectivity index (χ3v) is 3.59. The minimum Gasteiger partial charge on any atom is -0.341 e. The summed E-state index contributed by atoms with van der Waals surface area (Å²) in [7, 11) is 1.70. The number of carbonyl (C=O) groups is 1. The summed E-state index contributed by atoms with van der Waals surface area (Å²) in [5.41, 5.74) is -0.324. The second kappa shape index (κ2) is 7.13. The summed E-state index contributed by atoms with van der Waals surface area (Å²) >= 11 is 0. The minimum absolute atomic E-state index is 0. The molecule has 1 fully saturated rings. The van der Waals surface area contributed by atoms with E-state index in [9.17, 15) is 18.0 Å². The Morgan fingerprint density at radius 1 is 1.43 bits per heavy atom. The van der Waals surface area contributed by atoms with Crippen molar-refractivity contribution in [3.8, 4) is 0 Å². The molecule has 1 heterocycles. The van der Waals surface area contributed by atoms with Gasteiger partial charge in [0.05, 0.1) is 12.0 Å². The van der Waals surface area contributed by atoms with Crippen LogP contribution in [-0.4, -0.2) is 37.0 Å². The first-order valence-corrected chi connectivity index (χ1v) is 6.50. The van der Waals surface area contributed by atoms with Gasteiger partial charge in [0.2, 0.25) is 5.91 Å². The van der Waals surface area contributed by atoms with Crippen molar-refractivity contribution >= 4 is 18.3 Å². The lowest BCUT2D eigenvalue weighted by atomic mass is 10.1. The van der Waals surface area contributed by atoms with Gasteiger partial charge in [0.25, 0.3) is 0 Å². The number of hydrogen-bond donors (Lipinski definition) is 1. The van der Waals surface area contributed by atoms with E-state index in [1.165, 1.54) is 6.07 Å². The smallest absolute Gasteiger partial charge is 0.341 e. The molecule has 0 spiro atoms. The maximum absolute atomic E-state index is 12.6. The summed E-state index contributed by atoms with van der Waals surface area (Å²) in [4.78, 5) is 13.7. The first kappa shape index (κ1) is 17.8. The molecule has 7 heteroatoms. The number of alkyl halides is 3. The van der Waals surface area contributed by atoms with Gasteiger partial charge < -0.3 is 10.2 Å². The molecule has 0 aromatic heterocycles. The second-order valence-corrected chi connectivity index (χ2v) is 5.03. The number of nitrogens with one attached hydrogen (secondary N) is 1. The Morgan fingerprint density at radius 3 is 2.71 bits per heavy atom. The molecule has 1 aliphatic heterocycles. The van der Waals surface area contributed by atoms with Gasteiger partial charge in [0.15, 0.2) is 0 Å². The fourth-order valence-electron chi connectivity index (χ4n) is 2.33. The largest absolute Gasteiger partial charge is 0.416 e. The van der Waals surface area contributed by atoms with Gasteiger partial charge in [-0.15, -0.1) is 12.4 Å². The highest BCUT2D eigenvalue weighted by Gasteiger charge is 2.30. The summed E-state index contributed by atoms with van der Waals surface area (Å²) in [6.07, 6.45) is -3.50. The molecular formula is C14H18ClF3N2O. The van der Waals surface area contributed by atoms with E-state index in [1.54, 1.807) is 18.0 Å². The molecular weight excluding hydrogens is 305 g/mol. The average molecular weight is 323 g/mol. The van der Waals surface area contributed by atoms with Crippen LogP contribution in [0, 0.1) is 0 Å². The molecule has 0 bridgehead atoms. The molecule has 1 aromatic carbocycles. The quantitative estimate of drug-likeness (QED) is 0.927. The van der Waals surface area contributed by atoms with E-state index in [0.717, 1.165) is 31.6 Å². The molecule has 1 N–H and O–H groups in total. The van der Waals surface area contributed by atoms with Gasteiger partial charge in [-0.25, -0.2) is 0 Å². The maximum atomic E-state index is 12.6. The number of rotatable bonds is 3. The van der Waals surface area contributed by atoms with Gasteiger partial charge in [-0.2, -0.15) is 13.2 Å². The Labute approximate surface area is 127 Å². The second-order valence-electron chi connectivity index (χ2n) is 5.03. The molecule has 118 valence electrons. The highest BCUT2D eigenvalue weighted by molar-refractivity contribution is 5.85. The van der Waals surface area contributed by atoms with Gasteiger partial charge in [0.1, 0.15) is 0 Å². The Bertz CT molecular complexity index is 487. The Morgan fingerprint density at radius 2 is 2.14 bits per heavy atom. The van der Waals surface area contributed by atoms with Crippen molar-refractivity contribution in [2.75, 3.05) is 20.1 Å². The van der Waals surface area contributed by atoms with Crippen molar-refractivity contribution in [3.63, 3.8) is 0 Å². The van der Waals surface area contributed by atoms with Crippen LogP contribution in [0.1, 0.15) is 17.5 Å². The van der Waals surface area contributed by atoms with Crippen LogP contribution in [-0.2, 0) is 17.4 Å². The lowest BCUT2D eigenvalue weighted by Gasteiger charge is -2.24. The molecule has 1 unspecified atom stereocenters. The number of halogens is 4. The molecule has 3 nitrogen and oxygen atoms in total. The van der Waals surface area contributed by atoms with Gasteiger partial charge in [-0.3, -0.25) is 4.79 Å². The van der Waals surface area contributed by atoms with Crippen LogP contribution in [0.2, 0.25) is 0 Å². The lowest BCUT2D eigenvalue weighted by Crippen LogP contribution is -2.39. The van der Waals surface area contributed by atoms with Gasteiger partial charge in [0, 0.05) is 19.6 Å². The van der Waals surface area contributed by atoms with Gasteiger partial charge in [-0.1, -0.05) is 18.2 Å². The number of amides is 1. The summed E-state index contributed by atoms with van der Waals surface area (Å²) in [6.45, 7) is 1.61. The van der Waals surface area contributed by atoms with Crippen molar-refractivity contribution in [2.24, 2.45) is 0 Å². The topological polar surface area (TPSA) is 32.3 Å². The molecule has 2 rings (SSSR count). The lowest BCUT2D eigenvalue weighted by molar-refractivity contribution is -0.138. The van der Waals surface area contributed by atoms with Crippen LogP contribution in [0.3, 0.4) is 0 Å². The van der Waals surface area contributed by atoms with Crippen LogP contribution in [0.4, 0.5) is 13.2 Å². The molecule has 1 atom stereocenters. The molecule has 0 radical (unpaired) electrons.